The molecule has 1 saturated heterocycles. The second-order valence-corrected chi connectivity index (χ2v) is 8.72. The topological polar surface area (TPSA) is 175 Å². The zero-order chi connectivity index (χ0) is 19.8. The SMILES string of the molecule is COP(C)(=O)OP(=O)(O)OC[C@H]1O[C@@H](BC#CCN)[C@@H](F)C1ON=[N+]=[N-]. The number of rotatable bonds is 9. The number of hydrogen-bond donors (Lipinski definition) is 2. The molecule has 0 aromatic carbocycles. The summed E-state index contributed by atoms with van der Waals surface area (Å²) in [5.74, 6) is 5.13. The third-order valence-electron chi connectivity index (χ3n) is 3.11. The van der Waals surface area contributed by atoms with Gasteiger partial charge < -0.3 is 24.7 Å². The fourth-order valence-corrected chi connectivity index (χ4v) is 4.24. The van der Waals surface area contributed by atoms with Crippen LogP contribution < -0.4 is 5.73 Å². The van der Waals surface area contributed by atoms with Crippen LogP contribution >= 0.6 is 15.4 Å². The molecule has 26 heavy (non-hydrogen) atoms. The van der Waals surface area contributed by atoms with Crippen molar-refractivity contribution in [1.82, 2.24) is 0 Å². The lowest BCUT2D eigenvalue weighted by molar-refractivity contribution is -0.0440. The lowest BCUT2D eigenvalue weighted by Gasteiger charge is -2.20. The van der Waals surface area contributed by atoms with Crippen molar-refractivity contribution in [1.29, 1.82) is 0 Å². The molecule has 1 aliphatic rings. The molecule has 1 rings (SSSR count). The Kier molecular flexibility index (Phi) is 9.06. The minimum Gasteiger partial charge on any atom is -0.424 e. The first-order valence-electron chi connectivity index (χ1n) is 7.13. The Morgan fingerprint density at radius 3 is 2.81 bits per heavy atom. The van der Waals surface area contributed by atoms with Crippen LogP contribution in [0.25, 0.3) is 10.4 Å². The minimum atomic E-state index is -4.80. The average Bonchev–Trinajstić information content (AvgIpc) is 2.86. The summed E-state index contributed by atoms with van der Waals surface area (Å²) in [5.41, 5.74) is 13.5. The van der Waals surface area contributed by atoms with Gasteiger partial charge in [0.15, 0.2) is 12.3 Å². The fourth-order valence-electron chi connectivity index (χ4n) is 1.95. The van der Waals surface area contributed by atoms with Crippen LogP contribution in [-0.2, 0) is 32.1 Å². The van der Waals surface area contributed by atoms with E-state index >= 15 is 0 Å². The molecule has 146 valence electrons. The van der Waals surface area contributed by atoms with Gasteiger partial charge in [-0.3, -0.25) is 9.09 Å². The van der Waals surface area contributed by atoms with Crippen LogP contribution in [-0.4, -0.2) is 63.5 Å². The van der Waals surface area contributed by atoms with Gasteiger partial charge in [-0.15, -0.1) is 5.92 Å². The summed E-state index contributed by atoms with van der Waals surface area (Å²) in [6.45, 7) is 0.364. The van der Waals surface area contributed by atoms with E-state index in [0.717, 1.165) is 13.8 Å². The summed E-state index contributed by atoms with van der Waals surface area (Å²) in [4.78, 5) is 16.6. The lowest BCUT2D eigenvalue weighted by Crippen LogP contribution is -2.34. The van der Waals surface area contributed by atoms with Gasteiger partial charge in [-0.05, 0) is 5.53 Å². The number of nitrogens with two attached hydrogens (primary N) is 1. The third kappa shape index (κ3) is 7.25. The van der Waals surface area contributed by atoms with Crippen molar-refractivity contribution in [3.8, 4) is 11.7 Å². The number of azide groups is 1. The van der Waals surface area contributed by atoms with Crippen LogP contribution in [0.1, 0.15) is 0 Å². The van der Waals surface area contributed by atoms with E-state index in [1.807, 2.05) is 0 Å². The maximum absolute atomic E-state index is 14.4. The van der Waals surface area contributed by atoms with E-state index in [-0.39, 0.29) is 13.8 Å². The molecule has 0 saturated carbocycles. The zero-order valence-corrected chi connectivity index (χ0v) is 15.7. The van der Waals surface area contributed by atoms with E-state index in [4.69, 9.17) is 16.0 Å². The second kappa shape index (κ2) is 10.3. The normalized spacial score (nSPS) is 29.4. The average molecular weight is 414 g/mol. The van der Waals surface area contributed by atoms with Gasteiger partial charge in [-0.2, -0.15) is 5.82 Å². The Hall–Kier alpha value is -1.12. The number of hydrogen-bond acceptors (Lipinski definition) is 9. The molecule has 0 bridgehead atoms. The lowest BCUT2D eigenvalue weighted by atomic mass is 9.70. The summed E-state index contributed by atoms with van der Waals surface area (Å²) >= 11 is 0. The first kappa shape index (κ1) is 22.9. The van der Waals surface area contributed by atoms with Crippen molar-refractivity contribution < 1.29 is 41.3 Å². The van der Waals surface area contributed by atoms with E-state index in [2.05, 4.69) is 40.1 Å². The summed E-state index contributed by atoms with van der Waals surface area (Å²) in [5, 5.41) is 2.82. The van der Waals surface area contributed by atoms with E-state index in [0.29, 0.717) is 0 Å². The largest absolute Gasteiger partial charge is 0.479 e. The van der Waals surface area contributed by atoms with Crippen LogP contribution in [0.3, 0.4) is 0 Å². The highest BCUT2D eigenvalue weighted by molar-refractivity contribution is 7.64. The van der Waals surface area contributed by atoms with Crippen LogP contribution in [0.4, 0.5) is 4.39 Å². The number of ether oxygens (including phenoxy) is 1. The highest BCUT2D eigenvalue weighted by atomic mass is 31.3. The Morgan fingerprint density at radius 1 is 1.54 bits per heavy atom. The van der Waals surface area contributed by atoms with Gasteiger partial charge in [0, 0.05) is 18.7 Å². The van der Waals surface area contributed by atoms with Gasteiger partial charge >= 0.3 is 15.4 Å². The van der Waals surface area contributed by atoms with Gasteiger partial charge in [0.05, 0.1) is 19.2 Å². The Bertz CT molecular complexity index is 684. The predicted molar refractivity (Wildman–Crippen MR) is 89.0 cm³/mol. The Balaban J connectivity index is 2.78. The second-order valence-electron chi connectivity index (χ2n) is 4.96. The minimum absolute atomic E-state index is 0.0356. The van der Waals surface area contributed by atoms with Crippen molar-refractivity contribution >= 4 is 22.7 Å². The molecule has 1 heterocycles. The summed E-state index contributed by atoms with van der Waals surface area (Å²) in [6.07, 6.45) is -4.38. The van der Waals surface area contributed by atoms with Gasteiger partial charge in [0.2, 0.25) is 0 Å². The Labute approximate surface area is 149 Å². The molecule has 3 unspecified atom stereocenters. The standard InChI is InChI=1S/C10H18BFN4O8P2/c1-20-25(2,17)24-26(18,19)21-6-7-9(23-16-15-14)8(12)10(22-7)11-4-3-5-13/h7-11H,5-6,13H2,1-2H3,(H,18,19)/t7-,8+,9?,10-,25?/m1/s1. The molecule has 16 heteroatoms. The van der Waals surface area contributed by atoms with Crippen molar-refractivity contribution in [3.63, 3.8) is 0 Å². The van der Waals surface area contributed by atoms with Crippen LogP contribution in [0, 0.1) is 11.7 Å². The molecule has 1 aliphatic heterocycles. The van der Waals surface area contributed by atoms with E-state index in [9.17, 15) is 18.4 Å². The van der Waals surface area contributed by atoms with E-state index < -0.39 is 46.4 Å². The quantitative estimate of drug-likeness (QED) is 0.104. The molecular formula is C10H18BFN4O8P2. The fraction of sp³-hybridized carbons (Fsp3) is 0.800. The molecule has 0 amide bonds. The van der Waals surface area contributed by atoms with Crippen molar-refractivity contribution in [3.05, 3.63) is 10.4 Å². The molecule has 1 fully saturated rings. The Morgan fingerprint density at radius 2 is 2.23 bits per heavy atom. The zero-order valence-electron chi connectivity index (χ0n) is 13.9. The summed E-state index contributed by atoms with van der Waals surface area (Å²) in [6, 6.07) is -1.06. The molecule has 0 spiro atoms. The van der Waals surface area contributed by atoms with Crippen molar-refractivity contribution in [2.45, 2.75) is 24.4 Å². The maximum Gasteiger partial charge on any atom is 0.479 e. The molecular weight excluding hydrogens is 396 g/mol. The first-order valence-corrected chi connectivity index (χ1v) is 10.6. The smallest absolute Gasteiger partial charge is 0.424 e. The van der Waals surface area contributed by atoms with Gasteiger partial charge in [-0.25, -0.2) is 13.3 Å². The van der Waals surface area contributed by atoms with E-state index in [1.54, 1.807) is 0 Å². The third-order valence-corrected chi connectivity index (χ3v) is 6.26. The molecule has 0 aliphatic carbocycles. The molecule has 0 radical (unpaired) electrons. The highest BCUT2D eigenvalue weighted by Gasteiger charge is 2.48. The highest BCUT2D eigenvalue weighted by Crippen LogP contribution is 2.60. The molecule has 0 aromatic rings. The molecule has 0 aromatic heterocycles. The van der Waals surface area contributed by atoms with Gasteiger partial charge in [-0.1, -0.05) is 0 Å². The van der Waals surface area contributed by atoms with Crippen LogP contribution in [0.15, 0.2) is 5.28 Å². The number of phosphoric acid groups is 1. The van der Waals surface area contributed by atoms with Crippen LogP contribution in [0.2, 0.25) is 0 Å². The summed E-state index contributed by atoms with van der Waals surface area (Å²) < 4.78 is 56.6. The van der Waals surface area contributed by atoms with Gasteiger partial charge in [0.1, 0.15) is 11.4 Å². The monoisotopic (exact) mass is 414 g/mol. The number of phosphoric ester groups is 1. The number of halogens is 1. The van der Waals surface area contributed by atoms with Crippen molar-refractivity contribution in [2.24, 2.45) is 11.0 Å². The van der Waals surface area contributed by atoms with E-state index in [1.165, 1.54) is 0 Å². The molecule has 12 nitrogen and oxygen atoms in total. The van der Waals surface area contributed by atoms with Gasteiger partial charge in [0.25, 0.3) is 7.28 Å². The number of alkyl halides is 1. The van der Waals surface area contributed by atoms with Crippen molar-refractivity contribution in [2.75, 3.05) is 26.9 Å². The molecule has 3 N–H and O–H groups in total. The number of nitrogens with zero attached hydrogens (tertiary/aromatic N) is 3. The van der Waals surface area contributed by atoms with Crippen LogP contribution in [0.5, 0.6) is 0 Å². The molecule has 6 atom stereocenters. The predicted octanol–water partition coefficient (Wildman–Crippen LogP) is 0.619. The summed E-state index contributed by atoms with van der Waals surface area (Å²) in [7, 11) is -7.62. The first-order chi connectivity index (χ1) is 12.2. The maximum atomic E-state index is 14.4.